The number of aromatic nitrogens is 2. The Balaban J connectivity index is 2.49. The number of nitrogen functional groups attached to an aromatic ring is 1. The summed E-state index contributed by atoms with van der Waals surface area (Å²) in [6, 6.07) is 7.68. The van der Waals surface area contributed by atoms with Gasteiger partial charge in [-0.25, -0.2) is 4.68 Å². The van der Waals surface area contributed by atoms with Crippen LogP contribution in [0.5, 0.6) is 5.75 Å². The van der Waals surface area contributed by atoms with Crippen LogP contribution in [-0.2, 0) is 0 Å². The summed E-state index contributed by atoms with van der Waals surface area (Å²) in [5.41, 5.74) is 9.50. The van der Waals surface area contributed by atoms with Gasteiger partial charge in [-0.15, -0.1) is 0 Å². The van der Waals surface area contributed by atoms with Gasteiger partial charge in [-0.3, -0.25) is 0 Å². The Morgan fingerprint density at radius 1 is 1.25 bits per heavy atom. The Labute approximate surface area is 94.6 Å². The predicted molar refractivity (Wildman–Crippen MR) is 64.0 cm³/mol. The normalized spacial score (nSPS) is 10.4. The second kappa shape index (κ2) is 3.89. The van der Waals surface area contributed by atoms with Crippen molar-refractivity contribution in [1.82, 2.24) is 9.78 Å². The molecule has 4 heteroatoms. The van der Waals surface area contributed by atoms with E-state index in [0.717, 1.165) is 17.1 Å². The molecule has 1 heterocycles. The van der Waals surface area contributed by atoms with E-state index in [0.29, 0.717) is 11.4 Å². The van der Waals surface area contributed by atoms with Gasteiger partial charge >= 0.3 is 0 Å². The van der Waals surface area contributed by atoms with Gasteiger partial charge in [0, 0.05) is 5.69 Å². The van der Waals surface area contributed by atoms with Gasteiger partial charge in [-0.2, -0.15) is 5.10 Å². The van der Waals surface area contributed by atoms with Crippen molar-refractivity contribution in [2.45, 2.75) is 13.8 Å². The van der Waals surface area contributed by atoms with Crippen molar-refractivity contribution in [3.8, 4) is 11.4 Å². The Hall–Kier alpha value is -1.97. The largest absolute Gasteiger partial charge is 0.495 e. The van der Waals surface area contributed by atoms with Crippen LogP contribution in [0.2, 0.25) is 0 Å². The van der Waals surface area contributed by atoms with Crippen LogP contribution in [0.15, 0.2) is 24.3 Å². The quantitative estimate of drug-likeness (QED) is 0.783. The highest BCUT2D eigenvalue weighted by atomic mass is 16.5. The minimum Gasteiger partial charge on any atom is -0.495 e. The van der Waals surface area contributed by atoms with Gasteiger partial charge in [0.15, 0.2) is 0 Å². The Morgan fingerprint density at radius 3 is 2.50 bits per heavy atom. The molecule has 84 valence electrons. The third-order valence-electron chi connectivity index (χ3n) is 2.47. The first-order valence-corrected chi connectivity index (χ1v) is 5.09. The molecule has 0 saturated heterocycles. The monoisotopic (exact) mass is 217 g/mol. The van der Waals surface area contributed by atoms with Gasteiger partial charge in [0.05, 0.1) is 24.2 Å². The molecule has 0 aliphatic rings. The Morgan fingerprint density at radius 2 is 2.00 bits per heavy atom. The summed E-state index contributed by atoms with van der Waals surface area (Å²) >= 11 is 0. The van der Waals surface area contributed by atoms with Gasteiger partial charge in [0.1, 0.15) is 5.75 Å². The highest BCUT2D eigenvalue weighted by Gasteiger charge is 2.06. The fraction of sp³-hybridized carbons (Fsp3) is 0.250. The van der Waals surface area contributed by atoms with Crippen LogP contribution in [0.1, 0.15) is 11.4 Å². The molecule has 0 unspecified atom stereocenters. The lowest BCUT2D eigenvalue weighted by molar-refractivity contribution is 0.417. The third kappa shape index (κ3) is 1.74. The summed E-state index contributed by atoms with van der Waals surface area (Å²) in [6.45, 7) is 3.98. The topological polar surface area (TPSA) is 53.1 Å². The third-order valence-corrected chi connectivity index (χ3v) is 2.47. The van der Waals surface area contributed by atoms with Crippen LogP contribution in [0.4, 0.5) is 5.69 Å². The number of hydrogen-bond acceptors (Lipinski definition) is 3. The molecule has 0 spiro atoms. The van der Waals surface area contributed by atoms with E-state index in [1.807, 2.05) is 42.8 Å². The van der Waals surface area contributed by atoms with Crippen LogP contribution in [0.25, 0.3) is 5.69 Å². The van der Waals surface area contributed by atoms with Crippen molar-refractivity contribution < 1.29 is 4.74 Å². The Bertz CT molecular complexity index is 517. The molecule has 2 N–H and O–H groups in total. The standard InChI is InChI=1S/C12H15N3O/c1-8-6-9(2)15(14-8)10-4-5-12(16-3)11(13)7-10/h4-7H,13H2,1-3H3. The fourth-order valence-corrected chi connectivity index (χ4v) is 1.74. The van der Waals surface area contributed by atoms with Crippen LogP contribution in [-0.4, -0.2) is 16.9 Å². The molecule has 16 heavy (non-hydrogen) atoms. The maximum absolute atomic E-state index is 5.86. The molecule has 4 nitrogen and oxygen atoms in total. The van der Waals surface area contributed by atoms with Crippen molar-refractivity contribution in [3.63, 3.8) is 0 Å². The summed E-state index contributed by atoms with van der Waals surface area (Å²) in [5, 5.41) is 4.40. The molecular weight excluding hydrogens is 202 g/mol. The molecule has 2 aromatic rings. The SMILES string of the molecule is COc1ccc(-n2nc(C)cc2C)cc1N. The van der Waals surface area contributed by atoms with E-state index >= 15 is 0 Å². The smallest absolute Gasteiger partial charge is 0.141 e. The average Bonchev–Trinajstić information content (AvgIpc) is 2.58. The number of aryl methyl sites for hydroxylation is 2. The van der Waals surface area contributed by atoms with Crippen molar-refractivity contribution in [2.75, 3.05) is 12.8 Å². The lowest BCUT2D eigenvalue weighted by atomic mass is 10.2. The van der Waals surface area contributed by atoms with Gasteiger partial charge in [-0.05, 0) is 38.1 Å². The zero-order chi connectivity index (χ0) is 11.7. The van der Waals surface area contributed by atoms with Crippen molar-refractivity contribution in [2.24, 2.45) is 0 Å². The zero-order valence-electron chi connectivity index (χ0n) is 9.69. The number of hydrogen-bond donors (Lipinski definition) is 1. The van der Waals surface area contributed by atoms with Crippen molar-refractivity contribution >= 4 is 5.69 Å². The van der Waals surface area contributed by atoms with E-state index in [9.17, 15) is 0 Å². The highest BCUT2D eigenvalue weighted by Crippen LogP contribution is 2.24. The number of nitrogens with two attached hydrogens (primary N) is 1. The molecule has 0 bridgehead atoms. The van der Waals surface area contributed by atoms with Gasteiger partial charge in [-0.1, -0.05) is 0 Å². The second-order valence-electron chi connectivity index (χ2n) is 3.77. The summed E-state index contributed by atoms with van der Waals surface area (Å²) in [4.78, 5) is 0. The minimum absolute atomic E-state index is 0.618. The summed E-state index contributed by atoms with van der Waals surface area (Å²) in [5.74, 6) is 0.685. The second-order valence-corrected chi connectivity index (χ2v) is 3.77. The van der Waals surface area contributed by atoms with Crippen molar-refractivity contribution in [1.29, 1.82) is 0 Å². The van der Waals surface area contributed by atoms with E-state index in [2.05, 4.69) is 5.10 Å². The molecule has 1 aromatic heterocycles. The van der Waals surface area contributed by atoms with Crippen LogP contribution in [0.3, 0.4) is 0 Å². The molecule has 0 fully saturated rings. The maximum atomic E-state index is 5.86. The van der Waals surface area contributed by atoms with Crippen LogP contribution >= 0.6 is 0 Å². The van der Waals surface area contributed by atoms with E-state index in [4.69, 9.17) is 10.5 Å². The molecule has 0 saturated carbocycles. The van der Waals surface area contributed by atoms with E-state index in [1.165, 1.54) is 0 Å². The number of nitrogens with zero attached hydrogens (tertiary/aromatic N) is 2. The molecular formula is C12H15N3O. The van der Waals surface area contributed by atoms with E-state index < -0.39 is 0 Å². The zero-order valence-corrected chi connectivity index (χ0v) is 9.69. The molecule has 2 rings (SSSR count). The lowest BCUT2D eigenvalue weighted by Crippen LogP contribution is -2.01. The van der Waals surface area contributed by atoms with E-state index in [1.54, 1.807) is 7.11 Å². The summed E-state index contributed by atoms with van der Waals surface area (Å²) < 4.78 is 6.98. The fourth-order valence-electron chi connectivity index (χ4n) is 1.74. The maximum Gasteiger partial charge on any atom is 0.141 e. The molecule has 0 radical (unpaired) electrons. The Kier molecular flexibility index (Phi) is 2.56. The van der Waals surface area contributed by atoms with Gasteiger partial charge < -0.3 is 10.5 Å². The predicted octanol–water partition coefficient (Wildman–Crippen LogP) is 2.08. The lowest BCUT2D eigenvalue weighted by Gasteiger charge is -2.08. The number of anilines is 1. The number of rotatable bonds is 2. The van der Waals surface area contributed by atoms with Crippen molar-refractivity contribution in [3.05, 3.63) is 35.7 Å². The van der Waals surface area contributed by atoms with Gasteiger partial charge in [0.2, 0.25) is 0 Å². The van der Waals surface area contributed by atoms with Gasteiger partial charge in [0.25, 0.3) is 0 Å². The number of benzene rings is 1. The summed E-state index contributed by atoms with van der Waals surface area (Å²) in [6.07, 6.45) is 0. The number of ether oxygens (including phenoxy) is 1. The molecule has 0 aliphatic carbocycles. The average molecular weight is 217 g/mol. The molecule has 0 amide bonds. The number of methoxy groups -OCH3 is 1. The van der Waals surface area contributed by atoms with Crippen LogP contribution < -0.4 is 10.5 Å². The molecule has 0 aliphatic heterocycles. The molecule has 1 aromatic carbocycles. The molecule has 0 atom stereocenters. The highest BCUT2D eigenvalue weighted by molar-refractivity contribution is 5.58. The first-order valence-electron chi connectivity index (χ1n) is 5.09. The minimum atomic E-state index is 0.618. The van der Waals surface area contributed by atoms with Crippen LogP contribution in [0, 0.1) is 13.8 Å². The van der Waals surface area contributed by atoms with E-state index in [-0.39, 0.29) is 0 Å². The first-order chi connectivity index (χ1) is 7.61. The summed E-state index contributed by atoms with van der Waals surface area (Å²) in [7, 11) is 1.61. The first kappa shape index (κ1) is 10.5.